The van der Waals surface area contributed by atoms with Crippen LogP contribution in [0.1, 0.15) is 19.8 Å². The van der Waals surface area contributed by atoms with Gasteiger partial charge in [-0.15, -0.1) is 0 Å². The third kappa shape index (κ3) is 7.54. The number of likely N-dealkylation sites (tertiary alicyclic amines) is 1. The molecule has 1 aliphatic rings. The van der Waals surface area contributed by atoms with Crippen molar-refractivity contribution < 1.29 is 24.2 Å². The molecule has 104 valence electrons. The average Bonchev–Trinajstić information content (AvgIpc) is 2.73. The molecule has 1 heterocycles. The monoisotopic (exact) mass is 267 g/mol. The number of hydrogen-bond donors (Lipinski definition) is 1. The predicted molar refractivity (Wildman–Crippen MR) is 68.8 cm³/mol. The first-order valence-electron chi connectivity index (χ1n) is 5.56. The zero-order valence-corrected chi connectivity index (χ0v) is 10.8. The summed E-state index contributed by atoms with van der Waals surface area (Å²) in [6.07, 6.45) is 5.12. The van der Waals surface area contributed by atoms with Gasteiger partial charge in [-0.25, -0.2) is 9.59 Å². The van der Waals surface area contributed by atoms with Crippen LogP contribution in [0.4, 0.5) is 0 Å². The number of esters is 1. The van der Waals surface area contributed by atoms with Gasteiger partial charge < -0.3 is 14.7 Å². The van der Waals surface area contributed by atoms with E-state index in [9.17, 15) is 14.4 Å². The highest BCUT2D eigenvalue weighted by molar-refractivity contribution is 5.85. The summed E-state index contributed by atoms with van der Waals surface area (Å²) >= 11 is 0. The van der Waals surface area contributed by atoms with Crippen LogP contribution in [0, 0.1) is 0 Å². The van der Waals surface area contributed by atoms with E-state index in [1.807, 2.05) is 0 Å². The van der Waals surface area contributed by atoms with Crippen molar-refractivity contribution in [1.82, 2.24) is 4.90 Å². The molecule has 0 aliphatic carbocycles. The lowest BCUT2D eigenvalue weighted by Gasteiger charge is -2.07. The molecule has 1 fully saturated rings. The van der Waals surface area contributed by atoms with Gasteiger partial charge >= 0.3 is 11.9 Å². The molecule has 0 radical (unpaired) electrons. The molecule has 0 spiro atoms. The number of amides is 1. The molecule has 0 saturated carbocycles. The van der Waals surface area contributed by atoms with Crippen LogP contribution in [0.3, 0.4) is 0 Å². The zero-order valence-electron chi connectivity index (χ0n) is 10.8. The second-order valence-electron chi connectivity index (χ2n) is 3.70. The van der Waals surface area contributed by atoms with Gasteiger partial charge in [-0.05, 0) is 13.3 Å². The van der Waals surface area contributed by atoms with E-state index < -0.39 is 11.9 Å². The molecule has 19 heavy (non-hydrogen) atoms. The van der Waals surface area contributed by atoms with Gasteiger partial charge in [0.05, 0.1) is 6.26 Å². The summed E-state index contributed by atoms with van der Waals surface area (Å²) in [5.74, 6) is -1.41. The Balaban J connectivity index is 0.000000459. The first-order chi connectivity index (χ1) is 8.88. The number of aliphatic carboxylic acids is 1. The fraction of sp³-hybridized carbons (Fsp3) is 0.308. The maximum Gasteiger partial charge on any atom is 0.337 e. The highest BCUT2D eigenvalue weighted by atomic mass is 16.5. The van der Waals surface area contributed by atoms with E-state index >= 15 is 0 Å². The summed E-state index contributed by atoms with van der Waals surface area (Å²) < 4.78 is 4.44. The van der Waals surface area contributed by atoms with E-state index in [-0.39, 0.29) is 11.5 Å². The summed E-state index contributed by atoms with van der Waals surface area (Å²) in [6, 6.07) is 0. The van der Waals surface area contributed by atoms with E-state index in [0.717, 1.165) is 12.7 Å². The molecule has 1 N–H and O–H groups in total. The van der Waals surface area contributed by atoms with Crippen molar-refractivity contribution in [3.05, 3.63) is 37.3 Å². The highest BCUT2D eigenvalue weighted by Gasteiger charge is 2.17. The Morgan fingerprint density at radius 3 is 2.42 bits per heavy atom. The van der Waals surface area contributed by atoms with Crippen LogP contribution >= 0.6 is 0 Å². The van der Waals surface area contributed by atoms with Crippen molar-refractivity contribution in [2.24, 2.45) is 0 Å². The minimum absolute atomic E-state index is 0.0441. The molecular formula is C13H17NO5. The molecule has 1 aliphatic heterocycles. The second kappa shape index (κ2) is 8.68. The predicted octanol–water partition coefficient (Wildman–Crippen LogP) is 1.46. The number of rotatable bonds is 4. The standard InChI is InChI=1S/C9H11NO3.C4H6O2/c1-2-13-9(12)5-7-10-6-3-4-8(10)11;1-3(2)4(5)6/h2,5,7H,1,3-4,6H2;1H2,2H3,(H,5,6). The normalized spacial score (nSPS) is 13.7. The first-order valence-corrected chi connectivity index (χ1v) is 5.56. The lowest BCUT2D eigenvalue weighted by atomic mass is 10.4. The highest BCUT2D eigenvalue weighted by Crippen LogP contribution is 2.09. The largest absolute Gasteiger partial charge is 0.478 e. The van der Waals surface area contributed by atoms with E-state index in [0.29, 0.717) is 13.0 Å². The van der Waals surface area contributed by atoms with Crippen LogP contribution in [-0.4, -0.2) is 34.4 Å². The van der Waals surface area contributed by atoms with E-state index in [4.69, 9.17) is 5.11 Å². The smallest absolute Gasteiger partial charge is 0.337 e. The van der Waals surface area contributed by atoms with Gasteiger partial charge in [0.15, 0.2) is 0 Å². The van der Waals surface area contributed by atoms with Gasteiger partial charge in [0.1, 0.15) is 0 Å². The summed E-state index contributed by atoms with van der Waals surface area (Å²) in [4.78, 5) is 32.9. The number of nitrogens with zero attached hydrogens (tertiary/aromatic N) is 1. The maximum absolute atomic E-state index is 11.0. The maximum atomic E-state index is 11.0. The van der Waals surface area contributed by atoms with Crippen LogP contribution in [-0.2, 0) is 19.1 Å². The second-order valence-corrected chi connectivity index (χ2v) is 3.70. The van der Waals surface area contributed by atoms with Crippen LogP contribution in [0.15, 0.2) is 37.3 Å². The Morgan fingerprint density at radius 1 is 1.47 bits per heavy atom. The minimum atomic E-state index is -0.935. The number of hydrogen-bond acceptors (Lipinski definition) is 4. The van der Waals surface area contributed by atoms with Crippen molar-refractivity contribution in [3.63, 3.8) is 0 Å². The van der Waals surface area contributed by atoms with Gasteiger partial charge in [0.25, 0.3) is 0 Å². The summed E-state index contributed by atoms with van der Waals surface area (Å²) in [5.41, 5.74) is 0.176. The lowest BCUT2D eigenvalue weighted by molar-refractivity contribution is -0.133. The molecule has 1 amide bonds. The Bertz CT molecular complexity index is 399. The van der Waals surface area contributed by atoms with E-state index in [2.05, 4.69) is 17.9 Å². The molecule has 0 aromatic heterocycles. The van der Waals surface area contributed by atoms with Crippen molar-refractivity contribution in [3.8, 4) is 0 Å². The van der Waals surface area contributed by atoms with Crippen LogP contribution < -0.4 is 0 Å². The first kappa shape index (κ1) is 16.6. The average molecular weight is 267 g/mol. The fourth-order valence-corrected chi connectivity index (χ4v) is 1.10. The molecule has 1 rings (SSSR count). The van der Waals surface area contributed by atoms with Gasteiger partial charge in [0.2, 0.25) is 5.91 Å². The van der Waals surface area contributed by atoms with Crippen molar-refractivity contribution in [2.45, 2.75) is 19.8 Å². The van der Waals surface area contributed by atoms with E-state index in [1.54, 1.807) is 0 Å². The Hall–Kier alpha value is -2.37. The van der Waals surface area contributed by atoms with Crippen LogP contribution in [0.5, 0.6) is 0 Å². The van der Waals surface area contributed by atoms with Gasteiger partial charge in [-0.2, -0.15) is 0 Å². The van der Waals surface area contributed by atoms with E-state index in [1.165, 1.54) is 24.1 Å². The summed E-state index contributed by atoms with van der Waals surface area (Å²) in [7, 11) is 0. The summed E-state index contributed by atoms with van der Waals surface area (Å²) in [5, 5.41) is 7.89. The Morgan fingerprint density at radius 2 is 2.05 bits per heavy atom. The molecule has 0 bridgehead atoms. The third-order valence-electron chi connectivity index (χ3n) is 2.07. The number of carbonyl (C=O) groups excluding carboxylic acids is 2. The number of carboxylic acid groups (broad SMARTS) is 1. The van der Waals surface area contributed by atoms with Crippen molar-refractivity contribution >= 4 is 17.8 Å². The lowest BCUT2D eigenvalue weighted by Crippen LogP contribution is -2.17. The van der Waals surface area contributed by atoms with Crippen molar-refractivity contribution in [2.75, 3.05) is 6.54 Å². The number of carbonyl (C=O) groups is 3. The molecule has 1 saturated heterocycles. The van der Waals surface area contributed by atoms with Gasteiger partial charge in [-0.3, -0.25) is 4.79 Å². The van der Waals surface area contributed by atoms with Crippen LogP contribution in [0.2, 0.25) is 0 Å². The molecule has 0 atom stereocenters. The topological polar surface area (TPSA) is 83.9 Å². The molecule has 0 unspecified atom stereocenters. The van der Waals surface area contributed by atoms with Crippen LogP contribution in [0.25, 0.3) is 0 Å². The fourth-order valence-electron chi connectivity index (χ4n) is 1.10. The molecular weight excluding hydrogens is 250 g/mol. The Labute approximate surface area is 111 Å². The zero-order chi connectivity index (χ0) is 14.8. The molecule has 6 heteroatoms. The summed E-state index contributed by atoms with van der Waals surface area (Å²) in [6.45, 7) is 8.52. The van der Waals surface area contributed by atoms with Gasteiger partial charge in [-0.1, -0.05) is 13.2 Å². The molecule has 6 nitrogen and oxygen atoms in total. The molecule has 0 aromatic rings. The van der Waals surface area contributed by atoms with Crippen molar-refractivity contribution in [1.29, 1.82) is 0 Å². The molecule has 0 aromatic carbocycles. The third-order valence-corrected chi connectivity index (χ3v) is 2.07. The minimum Gasteiger partial charge on any atom is -0.478 e. The number of ether oxygens (including phenoxy) is 1. The number of carboxylic acids is 1. The van der Waals surface area contributed by atoms with Gasteiger partial charge in [0, 0.05) is 30.8 Å². The quantitative estimate of drug-likeness (QED) is 0.473. The SMILES string of the molecule is C=C(C)C(=O)O.C=COC(=O)C=CN1CCCC1=O. The Kier molecular flexibility index (Phi) is 7.60.